The quantitative estimate of drug-likeness (QED) is 0.694. The molecule has 0 atom stereocenters. The number of hydrogen-bond donors (Lipinski definition) is 2. The lowest BCUT2D eigenvalue weighted by molar-refractivity contribution is -0.0616. The third-order valence-corrected chi connectivity index (χ3v) is 5.19. The highest BCUT2D eigenvalue weighted by Gasteiger charge is 2.35. The van der Waals surface area contributed by atoms with Crippen molar-refractivity contribution in [3.05, 3.63) is 50.9 Å². The zero-order valence-corrected chi connectivity index (χ0v) is 15.9. The first kappa shape index (κ1) is 19.0. The van der Waals surface area contributed by atoms with Gasteiger partial charge in [-0.1, -0.05) is 11.6 Å². The number of nitrogens with one attached hydrogen (secondary N) is 2. The molecule has 0 aliphatic carbocycles. The first-order valence-corrected chi connectivity index (χ1v) is 9.29. The Morgan fingerprint density at radius 3 is 2.79 bits per heavy atom. The van der Waals surface area contributed by atoms with Gasteiger partial charge in [-0.15, -0.1) is 0 Å². The third kappa shape index (κ3) is 3.55. The summed E-state index contributed by atoms with van der Waals surface area (Å²) in [4.78, 5) is 23.7. The fraction of sp³-hybridized carbons (Fsp3) is 0.368. The second-order valence-electron chi connectivity index (χ2n) is 6.90. The van der Waals surface area contributed by atoms with E-state index in [0.29, 0.717) is 42.9 Å². The summed E-state index contributed by atoms with van der Waals surface area (Å²) in [6.07, 6.45) is 1.44. The van der Waals surface area contributed by atoms with Gasteiger partial charge in [-0.3, -0.25) is 9.69 Å². The molecule has 0 saturated carbocycles. The predicted molar refractivity (Wildman–Crippen MR) is 103 cm³/mol. The molecule has 9 heteroatoms. The first-order chi connectivity index (χ1) is 13.3. The number of rotatable bonds is 4. The molecule has 3 heterocycles. The summed E-state index contributed by atoms with van der Waals surface area (Å²) in [5.41, 5.74) is 1.25. The van der Waals surface area contributed by atoms with Gasteiger partial charge in [0.05, 0.1) is 35.8 Å². The van der Waals surface area contributed by atoms with Crippen molar-refractivity contribution in [3.8, 4) is 11.4 Å². The summed E-state index contributed by atoms with van der Waals surface area (Å²) in [5.74, 6) is -2.78. The van der Waals surface area contributed by atoms with E-state index in [0.717, 1.165) is 0 Å². The highest BCUT2D eigenvalue weighted by Crippen LogP contribution is 2.34. The number of H-pyrrole nitrogens is 2. The second-order valence-corrected chi connectivity index (χ2v) is 7.30. The molecule has 4 rings (SSSR count). The zero-order valence-electron chi connectivity index (χ0n) is 15.2. The number of aryl methyl sites for hydroxylation is 1. The third-order valence-electron chi connectivity index (χ3n) is 4.87. The fourth-order valence-electron chi connectivity index (χ4n) is 3.43. The van der Waals surface area contributed by atoms with E-state index in [1.165, 1.54) is 18.3 Å². The number of pyridine rings is 1. The van der Waals surface area contributed by atoms with Crippen LogP contribution >= 0.6 is 11.6 Å². The van der Waals surface area contributed by atoms with Gasteiger partial charge in [0, 0.05) is 24.8 Å². The van der Waals surface area contributed by atoms with Gasteiger partial charge in [-0.2, -0.15) is 8.78 Å². The topological polar surface area (TPSA) is 74.0 Å². The molecule has 1 aliphatic heterocycles. The molecule has 3 aromatic rings. The molecule has 148 valence electrons. The van der Waals surface area contributed by atoms with Crippen molar-refractivity contribution >= 4 is 22.6 Å². The van der Waals surface area contributed by atoms with Crippen LogP contribution in [-0.4, -0.2) is 52.7 Å². The monoisotopic (exact) mass is 408 g/mol. The number of aromatic nitrogens is 3. The molecule has 2 aromatic heterocycles. The molecule has 0 unspecified atom stereocenters. The van der Waals surface area contributed by atoms with E-state index in [1.54, 1.807) is 17.9 Å². The Hall–Kier alpha value is -2.29. The maximum atomic E-state index is 14.9. The molecule has 0 spiro atoms. The number of morpholine rings is 1. The van der Waals surface area contributed by atoms with Crippen LogP contribution in [0.2, 0.25) is 5.02 Å². The van der Waals surface area contributed by atoms with E-state index in [4.69, 9.17) is 16.3 Å². The van der Waals surface area contributed by atoms with Crippen LogP contribution in [-0.2, 0) is 10.7 Å². The second kappa shape index (κ2) is 7.27. The number of benzene rings is 1. The van der Waals surface area contributed by atoms with Gasteiger partial charge in [0.25, 0.3) is 11.5 Å². The minimum atomic E-state index is -3.02. The Labute approximate surface area is 164 Å². The summed E-state index contributed by atoms with van der Waals surface area (Å²) in [6.45, 7) is 3.25. The van der Waals surface area contributed by atoms with Crippen molar-refractivity contribution in [3.63, 3.8) is 0 Å². The van der Waals surface area contributed by atoms with Crippen molar-refractivity contribution in [2.75, 3.05) is 32.8 Å². The molecule has 6 nitrogen and oxygen atoms in total. The van der Waals surface area contributed by atoms with Crippen LogP contribution in [0.25, 0.3) is 22.4 Å². The van der Waals surface area contributed by atoms with Crippen LogP contribution < -0.4 is 5.56 Å². The highest BCUT2D eigenvalue weighted by molar-refractivity contribution is 6.33. The largest absolute Gasteiger partial charge is 0.379 e. The van der Waals surface area contributed by atoms with Crippen LogP contribution in [0.3, 0.4) is 0 Å². The Morgan fingerprint density at radius 1 is 1.32 bits per heavy atom. The van der Waals surface area contributed by atoms with Crippen LogP contribution in [0.1, 0.15) is 11.1 Å². The zero-order chi connectivity index (χ0) is 19.9. The molecule has 1 saturated heterocycles. The lowest BCUT2D eigenvalue weighted by atomic mass is 10.0. The van der Waals surface area contributed by atoms with Gasteiger partial charge in [0.15, 0.2) is 0 Å². The highest BCUT2D eigenvalue weighted by atomic mass is 35.5. The maximum absolute atomic E-state index is 14.9. The van der Waals surface area contributed by atoms with Gasteiger partial charge in [-0.05, 0) is 30.7 Å². The van der Waals surface area contributed by atoms with Crippen molar-refractivity contribution in [2.45, 2.75) is 12.8 Å². The number of halogens is 3. The summed E-state index contributed by atoms with van der Waals surface area (Å²) in [7, 11) is 0. The van der Waals surface area contributed by atoms with E-state index in [9.17, 15) is 13.6 Å². The van der Waals surface area contributed by atoms with E-state index in [2.05, 4.69) is 15.0 Å². The lowest BCUT2D eigenvalue weighted by Crippen LogP contribution is -2.42. The Balaban J connectivity index is 1.73. The van der Waals surface area contributed by atoms with E-state index in [1.807, 2.05) is 0 Å². The normalized spacial score (nSPS) is 16.0. The van der Waals surface area contributed by atoms with Crippen molar-refractivity contribution in [2.24, 2.45) is 0 Å². The fourth-order valence-corrected chi connectivity index (χ4v) is 3.66. The number of aromatic amines is 2. The van der Waals surface area contributed by atoms with E-state index >= 15 is 0 Å². The minimum Gasteiger partial charge on any atom is -0.379 e. The molecular weight excluding hydrogens is 390 g/mol. The molecule has 1 fully saturated rings. The molecule has 2 N–H and O–H groups in total. The van der Waals surface area contributed by atoms with Gasteiger partial charge in [0.1, 0.15) is 11.4 Å². The number of hydrogen-bond acceptors (Lipinski definition) is 4. The van der Waals surface area contributed by atoms with E-state index < -0.39 is 11.5 Å². The number of ether oxygens (including phenoxy) is 1. The van der Waals surface area contributed by atoms with Gasteiger partial charge in [0.2, 0.25) is 0 Å². The molecule has 1 aliphatic rings. The summed E-state index contributed by atoms with van der Waals surface area (Å²) < 4.78 is 35.0. The number of nitrogens with zero attached hydrogens (tertiary/aromatic N) is 2. The Morgan fingerprint density at radius 2 is 2.07 bits per heavy atom. The van der Waals surface area contributed by atoms with Crippen molar-refractivity contribution in [1.82, 2.24) is 19.9 Å². The Kier molecular flexibility index (Phi) is 4.95. The molecule has 0 bridgehead atoms. The van der Waals surface area contributed by atoms with Crippen LogP contribution in [0, 0.1) is 6.92 Å². The Bertz CT molecular complexity index is 1070. The number of alkyl halides is 2. The number of imidazole rings is 1. The van der Waals surface area contributed by atoms with E-state index in [-0.39, 0.29) is 28.5 Å². The summed E-state index contributed by atoms with van der Waals surface area (Å²) in [5, 5.41) is 0.235. The molecular formula is C19H19ClF2N4O2. The first-order valence-electron chi connectivity index (χ1n) is 8.91. The maximum Gasteiger partial charge on any atom is 0.285 e. The van der Waals surface area contributed by atoms with Crippen LogP contribution in [0.5, 0.6) is 0 Å². The average Bonchev–Trinajstić information content (AvgIpc) is 3.06. The van der Waals surface area contributed by atoms with Gasteiger partial charge >= 0.3 is 0 Å². The number of fused-ring (bicyclic) bond motifs is 1. The molecule has 1 aromatic carbocycles. The molecule has 0 radical (unpaired) electrons. The molecule has 28 heavy (non-hydrogen) atoms. The predicted octanol–water partition coefficient (Wildman–Crippen LogP) is 3.30. The lowest BCUT2D eigenvalue weighted by Gasteiger charge is -2.30. The van der Waals surface area contributed by atoms with Crippen LogP contribution in [0.4, 0.5) is 8.78 Å². The SMILES string of the molecule is Cc1cc(C(F)(F)CN2CCOCC2)cc2[nH]c(-c3c(Cl)cc[nH]c3=O)nc12. The van der Waals surface area contributed by atoms with Crippen LogP contribution in [0.15, 0.2) is 29.2 Å². The summed E-state index contributed by atoms with van der Waals surface area (Å²) >= 11 is 6.13. The minimum absolute atomic E-state index is 0.0905. The van der Waals surface area contributed by atoms with Gasteiger partial charge in [-0.25, -0.2) is 4.98 Å². The van der Waals surface area contributed by atoms with Gasteiger partial charge < -0.3 is 14.7 Å². The smallest absolute Gasteiger partial charge is 0.285 e. The van der Waals surface area contributed by atoms with Crippen molar-refractivity contribution < 1.29 is 13.5 Å². The van der Waals surface area contributed by atoms with Crippen molar-refractivity contribution in [1.29, 1.82) is 0 Å². The standard InChI is InChI=1S/C19H19ClF2N4O2/c1-11-8-12(19(21,22)10-26-4-6-28-7-5-26)9-14-16(11)25-17(24-14)15-13(20)2-3-23-18(15)27/h2-3,8-9H,4-7,10H2,1H3,(H,23,27)(H,24,25). The molecule has 0 amide bonds. The average molecular weight is 409 g/mol. The summed E-state index contributed by atoms with van der Waals surface area (Å²) in [6, 6.07) is 4.38.